The van der Waals surface area contributed by atoms with Crippen molar-refractivity contribution in [3.63, 3.8) is 0 Å². The highest BCUT2D eigenvalue weighted by atomic mass is 32.2. The average Bonchev–Trinajstić information content (AvgIpc) is 1.96. The van der Waals surface area contributed by atoms with Gasteiger partial charge in [-0.15, -0.1) is 0 Å². The molecule has 11 heavy (non-hydrogen) atoms. The zero-order valence-corrected chi connectivity index (χ0v) is 7.18. The summed E-state index contributed by atoms with van der Waals surface area (Å²) in [6, 6.07) is 0. The molecule has 0 unspecified atom stereocenters. The van der Waals surface area contributed by atoms with Gasteiger partial charge in [-0.25, -0.2) is 13.1 Å². The van der Waals surface area contributed by atoms with E-state index in [4.69, 9.17) is 10.5 Å². The Morgan fingerprint density at radius 2 is 2.09 bits per heavy atom. The standard InChI is InChI=1S/C5H14N2O3S/c6-2-5-10-4-1-3-7-11(8)9/h11H,1-6H2,(H,7,8,9). The third-order valence-corrected chi connectivity index (χ3v) is 1.45. The van der Waals surface area contributed by atoms with Crippen molar-refractivity contribution in [2.75, 3.05) is 26.3 Å². The molecule has 3 N–H and O–H groups in total. The first-order chi connectivity index (χ1) is 5.27. The van der Waals surface area contributed by atoms with Crippen molar-refractivity contribution in [1.29, 1.82) is 0 Å². The average molecular weight is 182 g/mol. The van der Waals surface area contributed by atoms with Gasteiger partial charge in [0.1, 0.15) is 0 Å². The SMILES string of the molecule is NCCOCCCN[SH](=O)=O. The summed E-state index contributed by atoms with van der Waals surface area (Å²) in [6.07, 6.45) is 0.684. The van der Waals surface area contributed by atoms with Gasteiger partial charge in [-0.2, -0.15) is 0 Å². The van der Waals surface area contributed by atoms with E-state index in [0.29, 0.717) is 32.7 Å². The molecule has 0 spiro atoms. The molecule has 0 atom stereocenters. The van der Waals surface area contributed by atoms with Crippen LogP contribution in [0.5, 0.6) is 0 Å². The zero-order valence-electron chi connectivity index (χ0n) is 6.28. The quantitative estimate of drug-likeness (QED) is 0.329. The Kier molecular flexibility index (Phi) is 7.81. The van der Waals surface area contributed by atoms with Crippen molar-refractivity contribution >= 4 is 10.9 Å². The second-order valence-corrected chi connectivity index (χ2v) is 2.75. The van der Waals surface area contributed by atoms with Crippen LogP contribution >= 0.6 is 0 Å². The fraction of sp³-hybridized carbons (Fsp3) is 1.00. The van der Waals surface area contributed by atoms with E-state index in [2.05, 4.69) is 4.72 Å². The minimum Gasteiger partial charge on any atom is -0.380 e. The number of thiol groups is 1. The zero-order chi connectivity index (χ0) is 8.53. The Morgan fingerprint density at radius 3 is 2.64 bits per heavy atom. The van der Waals surface area contributed by atoms with Gasteiger partial charge in [0.15, 0.2) is 0 Å². The lowest BCUT2D eigenvalue weighted by Crippen LogP contribution is -2.16. The van der Waals surface area contributed by atoms with Crippen molar-refractivity contribution in [2.45, 2.75) is 6.42 Å². The van der Waals surface area contributed by atoms with E-state index in [1.165, 1.54) is 0 Å². The molecule has 0 aromatic carbocycles. The van der Waals surface area contributed by atoms with E-state index in [-0.39, 0.29) is 0 Å². The van der Waals surface area contributed by atoms with E-state index in [1.807, 2.05) is 0 Å². The molecule has 5 nitrogen and oxygen atoms in total. The Balaban J connectivity index is 2.90. The molecule has 0 saturated carbocycles. The van der Waals surface area contributed by atoms with Crippen LogP contribution in [0.1, 0.15) is 6.42 Å². The van der Waals surface area contributed by atoms with E-state index < -0.39 is 10.9 Å². The number of rotatable bonds is 7. The largest absolute Gasteiger partial charge is 0.380 e. The van der Waals surface area contributed by atoms with Crippen LogP contribution in [0.25, 0.3) is 0 Å². The molecule has 0 aromatic rings. The number of ether oxygens (including phenoxy) is 1. The van der Waals surface area contributed by atoms with Crippen LogP contribution in [-0.4, -0.2) is 34.7 Å². The smallest absolute Gasteiger partial charge is 0.201 e. The van der Waals surface area contributed by atoms with Crippen LogP contribution in [0.15, 0.2) is 0 Å². The van der Waals surface area contributed by atoms with Crippen molar-refractivity contribution in [3.05, 3.63) is 0 Å². The first-order valence-electron chi connectivity index (χ1n) is 3.43. The molecular weight excluding hydrogens is 168 g/mol. The van der Waals surface area contributed by atoms with Crippen molar-refractivity contribution in [1.82, 2.24) is 4.72 Å². The fourth-order valence-electron chi connectivity index (χ4n) is 0.530. The van der Waals surface area contributed by atoms with Crippen molar-refractivity contribution in [2.24, 2.45) is 5.73 Å². The highest BCUT2D eigenvalue weighted by Crippen LogP contribution is 1.78. The van der Waals surface area contributed by atoms with E-state index >= 15 is 0 Å². The van der Waals surface area contributed by atoms with Gasteiger partial charge in [0.2, 0.25) is 10.9 Å². The Hall–Kier alpha value is -0.170. The summed E-state index contributed by atoms with van der Waals surface area (Å²) in [4.78, 5) is 0. The number of hydrogen-bond donors (Lipinski definition) is 3. The van der Waals surface area contributed by atoms with Crippen molar-refractivity contribution < 1.29 is 13.2 Å². The van der Waals surface area contributed by atoms with Gasteiger partial charge in [0.05, 0.1) is 6.61 Å². The van der Waals surface area contributed by atoms with Crippen LogP contribution in [0.4, 0.5) is 0 Å². The van der Waals surface area contributed by atoms with Crippen LogP contribution in [0, 0.1) is 0 Å². The number of hydrogen-bond acceptors (Lipinski definition) is 4. The van der Waals surface area contributed by atoms with Gasteiger partial charge in [0, 0.05) is 19.7 Å². The Morgan fingerprint density at radius 1 is 1.36 bits per heavy atom. The predicted molar refractivity (Wildman–Crippen MR) is 42.8 cm³/mol. The molecule has 0 saturated heterocycles. The summed E-state index contributed by atoms with van der Waals surface area (Å²) < 4.78 is 27.2. The highest BCUT2D eigenvalue weighted by molar-refractivity contribution is 7.70. The van der Waals surface area contributed by atoms with Crippen LogP contribution in [0.3, 0.4) is 0 Å². The Labute approximate surface area is 68.0 Å². The Bertz CT molecular complexity index is 141. The molecule has 0 aromatic heterocycles. The summed E-state index contributed by atoms with van der Waals surface area (Å²) in [7, 11) is -2.46. The van der Waals surface area contributed by atoms with Crippen LogP contribution in [-0.2, 0) is 15.6 Å². The van der Waals surface area contributed by atoms with Gasteiger partial charge < -0.3 is 10.5 Å². The molecule has 0 bridgehead atoms. The molecule has 6 heteroatoms. The molecule has 0 aliphatic rings. The summed E-state index contributed by atoms with van der Waals surface area (Å²) in [5.41, 5.74) is 5.15. The molecule has 0 aliphatic carbocycles. The maximum atomic E-state index is 9.95. The molecular formula is C5H14N2O3S. The molecule has 0 amide bonds. The maximum Gasteiger partial charge on any atom is 0.201 e. The normalized spacial score (nSPS) is 10.7. The van der Waals surface area contributed by atoms with Gasteiger partial charge in [-0.05, 0) is 6.42 Å². The monoisotopic (exact) mass is 182 g/mol. The third kappa shape index (κ3) is 9.83. The lowest BCUT2D eigenvalue weighted by atomic mass is 10.5. The summed E-state index contributed by atoms with van der Waals surface area (Å²) in [5.74, 6) is 0. The van der Waals surface area contributed by atoms with E-state index in [9.17, 15) is 8.42 Å². The molecule has 68 valence electrons. The minimum absolute atomic E-state index is 0.434. The molecule has 0 rings (SSSR count). The third-order valence-electron chi connectivity index (χ3n) is 0.969. The topological polar surface area (TPSA) is 81.4 Å². The molecule has 0 fully saturated rings. The lowest BCUT2D eigenvalue weighted by molar-refractivity contribution is 0.140. The minimum atomic E-state index is -2.46. The van der Waals surface area contributed by atoms with E-state index in [1.54, 1.807) is 0 Å². The molecule has 0 aliphatic heterocycles. The number of nitrogens with two attached hydrogens (primary N) is 1. The van der Waals surface area contributed by atoms with Gasteiger partial charge in [-0.1, -0.05) is 0 Å². The first kappa shape index (κ1) is 10.8. The summed E-state index contributed by atoms with van der Waals surface area (Å²) in [5, 5.41) is 0. The van der Waals surface area contributed by atoms with E-state index in [0.717, 1.165) is 0 Å². The highest BCUT2D eigenvalue weighted by Gasteiger charge is 1.87. The lowest BCUT2D eigenvalue weighted by Gasteiger charge is -2.00. The second-order valence-electron chi connectivity index (χ2n) is 1.92. The number of nitrogens with one attached hydrogen (secondary N) is 1. The van der Waals surface area contributed by atoms with Gasteiger partial charge >= 0.3 is 0 Å². The van der Waals surface area contributed by atoms with Gasteiger partial charge in [-0.3, -0.25) is 0 Å². The molecule has 0 heterocycles. The van der Waals surface area contributed by atoms with Crippen molar-refractivity contribution in [3.8, 4) is 0 Å². The predicted octanol–water partition coefficient (Wildman–Crippen LogP) is -1.53. The fourth-order valence-corrected chi connectivity index (χ4v) is 0.871. The summed E-state index contributed by atoms with van der Waals surface area (Å²) in [6.45, 7) is 2.02. The van der Waals surface area contributed by atoms with Crippen LogP contribution < -0.4 is 10.5 Å². The first-order valence-corrected chi connectivity index (χ1v) is 4.61. The van der Waals surface area contributed by atoms with Crippen LogP contribution in [0.2, 0.25) is 0 Å². The second kappa shape index (κ2) is 7.93. The maximum absolute atomic E-state index is 9.95. The molecule has 0 radical (unpaired) electrons. The van der Waals surface area contributed by atoms with Gasteiger partial charge in [0.25, 0.3) is 0 Å². The summed E-state index contributed by atoms with van der Waals surface area (Å²) >= 11 is 0.